The lowest BCUT2D eigenvalue weighted by Gasteiger charge is -2.36. The maximum Gasteiger partial charge on any atom is 0.211 e. The third kappa shape index (κ3) is 3.71. The Hall–Kier alpha value is -1.50. The molecule has 0 spiro atoms. The quantitative estimate of drug-likeness (QED) is 0.929. The minimum Gasteiger partial charge on any atom is -0.309 e. The average Bonchev–Trinajstić information content (AvgIpc) is 2.53. The molecule has 0 saturated carbocycles. The Morgan fingerprint density at radius 2 is 2.09 bits per heavy atom. The standard InChI is InChI=1S/C17H23N3O2S/c1-13-12-20(23(2,21)22)10-8-16(13)19-11-15-6-3-5-14-7-4-9-18-17(14)15/h3-7,9,13,16,19H,8,10-12H2,1-2H3. The molecule has 5 nitrogen and oxygen atoms in total. The van der Waals surface area contributed by atoms with E-state index in [1.165, 1.54) is 11.8 Å². The number of benzene rings is 1. The predicted molar refractivity (Wildman–Crippen MR) is 92.6 cm³/mol. The molecular formula is C17H23N3O2S. The fourth-order valence-corrected chi connectivity index (χ4v) is 4.21. The van der Waals surface area contributed by atoms with Gasteiger partial charge in [0, 0.05) is 37.3 Å². The Morgan fingerprint density at radius 3 is 2.83 bits per heavy atom. The van der Waals surface area contributed by atoms with E-state index >= 15 is 0 Å². The Bertz CT molecular complexity index is 786. The number of hydrogen-bond donors (Lipinski definition) is 1. The lowest BCUT2D eigenvalue weighted by atomic mass is 9.95. The molecule has 23 heavy (non-hydrogen) atoms. The van der Waals surface area contributed by atoms with Crippen LogP contribution >= 0.6 is 0 Å². The van der Waals surface area contributed by atoms with E-state index in [1.807, 2.05) is 12.3 Å². The second-order valence-electron chi connectivity index (χ2n) is 6.37. The van der Waals surface area contributed by atoms with Crippen molar-refractivity contribution in [2.24, 2.45) is 5.92 Å². The summed E-state index contributed by atoms with van der Waals surface area (Å²) >= 11 is 0. The highest BCUT2D eigenvalue weighted by Gasteiger charge is 2.30. The Morgan fingerprint density at radius 1 is 1.30 bits per heavy atom. The van der Waals surface area contributed by atoms with Crippen LogP contribution in [0.25, 0.3) is 10.9 Å². The zero-order chi connectivity index (χ0) is 16.4. The molecule has 0 radical (unpaired) electrons. The van der Waals surface area contributed by atoms with Gasteiger partial charge in [-0.15, -0.1) is 0 Å². The molecule has 1 N–H and O–H groups in total. The van der Waals surface area contributed by atoms with E-state index in [1.54, 1.807) is 4.31 Å². The van der Waals surface area contributed by atoms with Gasteiger partial charge in [0.05, 0.1) is 11.8 Å². The van der Waals surface area contributed by atoms with E-state index in [4.69, 9.17) is 0 Å². The summed E-state index contributed by atoms with van der Waals surface area (Å²) < 4.78 is 24.9. The van der Waals surface area contributed by atoms with E-state index in [0.29, 0.717) is 25.0 Å². The first-order chi connectivity index (χ1) is 10.9. The number of aromatic nitrogens is 1. The van der Waals surface area contributed by atoms with Crippen LogP contribution in [-0.4, -0.2) is 43.1 Å². The van der Waals surface area contributed by atoms with E-state index in [2.05, 4.69) is 41.5 Å². The fraction of sp³-hybridized carbons (Fsp3) is 0.471. The van der Waals surface area contributed by atoms with Crippen molar-refractivity contribution >= 4 is 20.9 Å². The molecule has 2 unspecified atom stereocenters. The van der Waals surface area contributed by atoms with Gasteiger partial charge < -0.3 is 5.32 Å². The summed E-state index contributed by atoms with van der Waals surface area (Å²) in [6.07, 6.45) is 3.95. The molecule has 1 aromatic heterocycles. The fourth-order valence-electron chi connectivity index (χ4n) is 3.26. The number of rotatable bonds is 4. The second-order valence-corrected chi connectivity index (χ2v) is 8.35. The molecule has 0 amide bonds. The maximum absolute atomic E-state index is 11.7. The monoisotopic (exact) mass is 333 g/mol. The van der Waals surface area contributed by atoms with Crippen LogP contribution in [0.1, 0.15) is 18.9 Å². The van der Waals surface area contributed by atoms with Crippen molar-refractivity contribution in [1.29, 1.82) is 0 Å². The number of fused-ring (bicyclic) bond motifs is 1. The van der Waals surface area contributed by atoms with Crippen molar-refractivity contribution in [2.45, 2.75) is 25.9 Å². The topological polar surface area (TPSA) is 62.3 Å². The molecule has 2 atom stereocenters. The zero-order valence-electron chi connectivity index (χ0n) is 13.6. The van der Waals surface area contributed by atoms with Crippen LogP contribution in [0.2, 0.25) is 0 Å². The average molecular weight is 333 g/mol. The van der Waals surface area contributed by atoms with Crippen LogP contribution in [0.5, 0.6) is 0 Å². The van der Waals surface area contributed by atoms with E-state index in [0.717, 1.165) is 23.9 Å². The minimum atomic E-state index is -3.08. The number of nitrogens with one attached hydrogen (secondary N) is 1. The molecule has 2 heterocycles. The first kappa shape index (κ1) is 16.4. The van der Waals surface area contributed by atoms with Crippen molar-refractivity contribution in [3.8, 4) is 0 Å². The van der Waals surface area contributed by atoms with Gasteiger partial charge in [0.2, 0.25) is 10.0 Å². The van der Waals surface area contributed by atoms with Gasteiger partial charge in [-0.3, -0.25) is 4.98 Å². The van der Waals surface area contributed by atoms with Crippen LogP contribution in [-0.2, 0) is 16.6 Å². The molecule has 1 aliphatic rings. The van der Waals surface area contributed by atoms with Gasteiger partial charge in [-0.25, -0.2) is 12.7 Å². The van der Waals surface area contributed by atoms with Crippen molar-refractivity contribution in [3.63, 3.8) is 0 Å². The zero-order valence-corrected chi connectivity index (χ0v) is 14.4. The summed E-state index contributed by atoms with van der Waals surface area (Å²) in [5.74, 6) is 0.293. The number of pyridine rings is 1. The van der Waals surface area contributed by atoms with Crippen LogP contribution in [0.3, 0.4) is 0 Å². The molecule has 2 aromatic rings. The third-order valence-corrected chi connectivity index (χ3v) is 5.88. The third-order valence-electron chi connectivity index (χ3n) is 4.61. The number of sulfonamides is 1. The smallest absolute Gasteiger partial charge is 0.211 e. The normalized spacial score (nSPS) is 23.2. The van der Waals surface area contributed by atoms with Gasteiger partial charge in [0.25, 0.3) is 0 Å². The summed E-state index contributed by atoms with van der Waals surface area (Å²) in [7, 11) is -3.08. The molecule has 124 valence electrons. The van der Waals surface area contributed by atoms with E-state index in [-0.39, 0.29) is 0 Å². The van der Waals surface area contributed by atoms with Gasteiger partial charge in [-0.1, -0.05) is 31.2 Å². The number of hydrogen-bond acceptors (Lipinski definition) is 4. The Balaban J connectivity index is 1.67. The largest absolute Gasteiger partial charge is 0.309 e. The SMILES string of the molecule is CC1CN(S(C)(=O)=O)CCC1NCc1cccc2cccnc12. The molecule has 1 saturated heterocycles. The number of piperidine rings is 1. The molecular weight excluding hydrogens is 310 g/mol. The summed E-state index contributed by atoms with van der Waals surface area (Å²) in [6.45, 7) is 4.04. The molecule has 0 bridgehead atoms. The van der Waals surface area contributed by atoms with Gasteiger partial charge >= 0.3 is 0 Å². The summed E-state index contributed by atoms with van der Waals surface area (Å²) in [5, 5.41) is 4.74. The highest BCUT2D eigenvalue weighted by atomic mass is 32.2. The first-order valence-electron chi connectivity index (χ1n) is 7.96. The van der Waals surface area contributed by atoms with Crippen LogP contribution in [0, 0.1) is 5.92 Å². The predicted octanol–water partition coefficient (Wildman–Crippen LogP) is 1.99. The lowest BCUT2D eigenvalue weighted by Crippen LogP contribution is -2.49. The molecule has 1 aliphatic heterocycles. The van der Waals surface area contributed by atoms with Crippen molar-refractivity contribution in [2.75, 3.05) is 19.3 Å². The highest BCUT2D eigenvalue weighted by Crippen LogP contribution is 2.21. The summed E-state index contributed by atoms with van der Waals surface area (Å²) in [4.78, 5) is 4.48. The van der Waals surface area contributed by atoms with Crippen LogP contribution < -0.4 is 5.32 Å². The number of nitrogens with zero attached hydrogens (tertiary/aromatic N) is 2. The maximum atomic E-state index is 11.7. The van der Waals surface area contributed by atoms with Crippen molar-refractivity contribution < 1.29 is 8.42 Å². The van der Waals surface area contributed by atoms with E-state index < -0.39 is 10.0 Å². The molecule has 0 aliphatic carbocycles. The second kappa shape index (κ2) is 6.55. The van der Waals surface area contributed by atoms with Gasteiger partial charge in [-0.2, -0.15) is 0 Å². The summed E-state index contributed by atoms with van der Waals surface area (Å²) in [6, 6.07) is 10.6. The lowest BCUT2D eigenvalue weighted by molar-refractivity contribution is 0.220. The summed E-state index contributed by atoms with van der Waals surface area (Å²) in [5.41, 5.74) is 2.21. The van der Waals surface area contributed by atoms with Crippen LogP contribution in [0.15, 0.2) is 36.5 Å². The molecule has 3 rings (SSSR count). The van der Waals surface area contributed by atoms with Gasteiger partial charge in [0.15, 0.2) is 0 Å². The molecule has 1 aromatic carbocycles. The van der Waals surface area contributed by atoms with Crippen LogP contribution in [0.4, 0.5) is 0 Å². The first-order valence-corrected chi connectivity index (χ1v) is 9.81. The molecule has 6 heteroatoms. The van der Waals surface area contributed by atoms with Gasteiger partial charge in [0.1, 0.15) is 0 Å². The van der Waals surface area contributed by atoms with Crippen molar-refractivity contribution in [1.82, 2.24) is 14.6 Å². The number of para-hydroxylation sites is 1. The Labute approximate surface area is 137 Å². The highest BCUT2D eigenvalue weighted by molar-refractivity contribution is 7.88. The Kier molecular flexibility index (Phi) is 4.66. The molecule has 1 fully saturated rings. The van der Waals surface area contributed by atoms with Gasteiger partial charge in [-0.05, 0) is 24.0 Å². The minimum absolute atomic E-state index is 0.293. The van der Waals surface area contributed by atoms with E-state index in [9.17, 15) is 8.42 Å². The van der Waals surface area contributed by atoms with Crippen molar-refractivity contribution in [3.05, 3.63) is 42.1 Å².